The van der Waals surface area contributed by atoms with Crippen LogP contribution >= 0.6 is 0 Å². The van der Waals surface area contributed by atoms with Crippen LogP contribution in [0.3, 0.4) is 0 Å². The van der Waals surface area contributed by atoms with E-state index in [1.807, 2.05) is 18.2 Å². The lowest BCUT2D eigenvalue weighted by molar-refractivity contribution is -0.129. The lowest BCUT2D eigenvalue weighted by Crippen LogP contribution is -2.38. The van der Waals surface area contributed by atoms with E-state index in [0.717, 1.165) is 11.1 Å². The van der Waals surface area contributed by atoms with Gasteiger partial charge in [0, 0.05) is 19.6 Å². The van der Waals surface area contributed by atoms with Crippen LogP contribution in [0.1, 0.15) is 31.0 Å². The number of alkyl halides is 2. The van der Waals surface area contributed by atoms with Crippen LogP contribution in [0.4, 0.5) is 8.78 Å². The van der Waals surface area contributed by atoms with Crippen molar-refractivity contribution in [1.82, 2.24) is 10.2 Å². The quantitative estimate of drug-likeness (QED) is 0.712. The molecule has 0 aliphatic heterocycles. The van der Waals surface area contributed by atoms with Crippen molar-refractivity contribution in [1.29, 1.82) is 0 Å². The van der Waals surface area contributed by atoms with Crippen molar-refractivity contribution in [2.45, 2.75) is 33.0 Å². The molecule has 0 fully saturated rings. The standard InChI is InChI=1S/C21H26F2N2O2/c1-15(2)20(17-7-5-4-6-8-17)24-13-19(26)25(3)14-16-9-11-18(12-10-16)27-21(22)23/h4-12,15,20-21,24H,13-14H2,1-3H3. The minimum atomic E-state index is -2.84. The molecule has 27 heavy (non-hydrogen) atoms. The fourth-order valence-corrected chi connectivity index (χ4v) is 2.87. The largest absolute Gasteiger partial charge is 0.435 e. The number of carbonyl (C=O) groups is 1. The Balaban J connectivity index is 1.89. The average molecular weight is 376 g/mol. The van der Waals surface area contributed by atoms with Crippen molar-refractivity contribution in [2.24, 2.45) is 5.92 Å². The second-order valence-electron chi connectivity index (χ2n) is 6.79. The van der Waals surface area contributed by atoms with Gasteiger partial charge in [0.1, 0.15) is 5.75 Å². The van der Waals surface area contributed by atoms with Gasteiger partial charge in [0.15, 0.2) is 0 Å². The van der Waals surface area contributed by atoms with Gasteiger partial charge in [0.2, 0.25) is 5.91 Å². The van der Waals surface area contributed by atoms with E-state index in [1.165, 1.54) is 12.1 Å². The predicted molar refractivity (Wildman–Crippen MR) is 102 cm³/mol. The van der Waals surface area contributed by atoms with Gasteiger partial charge in [-0.25, -0.2) is 0 Å². The Hall–Kier alpha value is -2.47. The van der Waals surface area contributed by atoms with Gasteiger partial charge in [-0.15, -0.1) is 0 Å². The Morgan fingerprint density at radius 1 is 1.07 bits per heavy atom. The first-order chi connectivity index (χ1) is 12.9. The maximum atomic E-state index is 12.5. The zero-order valence-electron chi connectivity index (χ0n) is 15.9. The molecule has 6 heteroatoms. The number of hydrogen-bond donors (Lipinski definition) is 1. The summed E-state index contributed by atoms with van der Waals surface area (Å²) in [6.07, 6.45) is 0. The summed E-state index contributed by atoms with van der Waals surface area (Å²) in [5, 5.41) is 3.34. The monoisotopic (exact) mass is 376 g/mol. The molecule has 0 aliphatic rings. The maximum absolute atomic E-state index is 12.5. The van der Waals surface area contributed by atoms with Crippen molar-refractivity contribution in [2.75, 3.05) is 13.6 Å². The van der Waals surface area contributed by atoms with Gasteiger partial charge in [-0.2, -0.15) is 8.78 Å². The molecule has 1 unspecified atom stereocenters. The Morgan fingerprint density at radius 3 is 2.26 bits per heavy atom. The van der Waals surface area contributed by atoms with Crippen LogP contribution in [0.5, 0.6) is 5.75 Å². The third-order valence-electron chi connectivity index (χ3n) is 4.29. The van der Waals surface area contributed by atoms with E-state index in [-0.39, 0.29) is 24.2 Å². The Kier molecular flexibility index (Phi) is 7.73. The molecule has 0 aliphatic carbocycles. The van der Waals surface area contributed by atoms with Crippen LogP contribution in [0.2, 0.25) is 0 Å². The highest BCUT2D eigenvalue weighted by Gasteiger charge is 2.17. The zero-order valence-corrected chi connectivity index (χ0v) is 15.9. The van der Waals surface area contributed by atoms with Gasteiger partial charge >= 0.3 is 6.61 Å². The summed E-state index contributed by atoms with van der Waals surface area (Å²) in [7, 11) is 1.72. The lowest BCUT2D eigenvalue weighted by Gasteiger charge is -2.25. The third kappa shape index (κ3) is 6.64. The SMILES string of the molecule is CC(C)C(NCC(=O)N(C)Cc1ccc(OC(F)F)cc1)c1ccccc1. The Bertz CT molecular complexity index is 706. The van der Waals surface area contributed by atoms with Crippen LogP contribution < -0.4 is 10.1 Å². The van der Waals surface area contributed by atoms with E-state index in [2.05, 4.69) is 36.0 Å². The molecule has 0 saturated heterocycles. The first-order valence-electron chi connectivity index (χ1n) is 8.93. The van der Waals surface area contributed by atoms with Gasteiger partial charge in [-0.3, -0.25) is 4.79 Å². The number of likely N-dealkylation sites (N-methyl/N-ethyl adjacent to an activating group) is 1. The highest BCUT2D eigenvalue weighted by Crippen LogP contribution is 2.21. The van der Waals surface area contributed by atoms with Gasteiger partial charge in [-0.05, 0) is 29.2 Å². The molecule has 0 aromatic heterocycles. The van der Waals surface area contributed by atoms with Gasteiger partial charge in [0.25, 0.3) is 0 Å². The molecule has 2 aromatic carbocycles. The number of ether oxygens (including phenoxy) is 1. The van der Waals surface area contributed by atoms with Crippen LogP contribution in [0, 0.1) is 5.92 Å². The second kappa shape index (κ2) is 10.0. The summed E-state index contributed by atoms with van der Waals surface area (Å²) in [6, 6.07) is 16.4. The van der Waals surface area contributed by atoms with Gasteiger partial charge < -0.3 is 15.0 Å². The van der Waals surface area contributed by atoms with E-state index in [0.29, 0.717) is 12.5 Å². The number of carbonyl (C=O) groups excluding carboxylic acids is 1. The minimum Gasteiger partial charge on any atom is -0.435 e. The van der Waals surface area contributed by atoms with Gasteiger partial charge in [0.05, 0.1) is 6.54 Å². The van der Waals surface area contributed by atoms with E-state index in [1.54, 1.807) is 24.1 Å². The van der Waals surface area contributed by atoms with E-state index >= 15 is 0 Å². The van der Waals surface area contributed by atoms with Crippen LogP contribution in [0.15, 0.2) is 54.6 Å². The van der Waals surface area contributed by atoms with Crippen molar-refractivity contribution >= 4 is 5.91 Å². The number of nitrogens with one attached hydrogen (secondary N) is 1. The molecule has 0 spiro atoms. The first kappa shape index (κ1) is 20.8. The molecule has 1 amide bonds. The molecule has 146 valence electrons. The van der Waals surface area contributed by atoms with Crippen LogP contribution in [-0.2, 0) is 11.3 Å². The number of benzene rings is 2. The predicted octanol–water partition coefficient (Wildman–Crippen LogP) is 4.23. The normalized spacial score (nSPS) is 12.3. The molecule has 2 rings (SSSR count). The summed E-state index contributed by atoms with van der Waals surface area (Å²) in [4.78, 5) is 14.1. The van der Waals surface area contributed by atoms with Crippen molar-refractivity contribution < 1.29 is 18.3 Å². The third-order valence-corrected chi connectivity index (χ3v) is 4.29. The van der Waals surface area contributed by atoms with Crippen molar-refractivity contribution in [3.05, 3.63) is 65.7 Å². The molecule has 2 aromatic rings. The van der Waals surface area contributed by atoms with Crippen LogP contribution in [-0.4, -0.2) is 31.0 Å². The van der Waals surface area contributed by atoms with Crippen molar-refractivity contribution in [3.63, 3.8) is 0 Å². The molecular formula is C21H26F2N2O2. The fourth-order valence-electron chi connectivity index (χ4n) is 2.87. The topological polar surface area (TPSA) is 41.6 Å². The highest BCUT2D eigenvalue weighted by atomic mass is 19.3. The van der Waals surface area contributed by atoms with Crippen LogP contribution in [0.25, 0.3) is 0 Å². The minimum absolute atomic E-state index is 0.0375. The summed E-state index contributed by atoms with van der Waals surface area (Å²) in [5.41, 5.74) is 1.99. The molecule has 0 radical (unpaired) electrons. The molecule has 0 bridgehead atoms. The Labute approximate surface area is 159 Å². The van der Waals surface area contributed by atoms with E-state index in [4.69, 9.17) is 0 Å². The summed E-state index contributed by atoms with van der Waals surface area (Å²) >= 11 is 0. The number of hydrogen-bond acceptors (Lipinski definition) is 3. The molecule has 1 atom stereocenters. The number of amides is 1. The number of rotatable bonds is 9. The maximum Gasteiger partial charge on any atom is 0.387 e. The molecule has 0 saturated carbocycles. The molecular weight excluding hydrogens is 350 g/mol. The fraction of sp³-hybridized carbons (Fsp3) is 0.381. The van der Waals surface area contributed by atoms with E-state index < -0.39 is 6.61 Å². The summed E-state index contributed by atoms with van der Waals surface area (Å²) < 4.78 is 28.7. The second-order valence-corrected chi connectivity index (χ2v) is 6.79. The highest BCUT2D eigenvalue weighted by molar-refractivity contribution is 5.78. The number of halogens is 2. The van der Waals surface area contributed by atoms with Gasteiger partial charge in [-0.1, -0.05) is 56.3 Å². The molecule has 0 heterocycles. The smallest absolute Gasteiger partial charge is 0.387 e. The Morgan fingerprint density at radius 2 is 1.70 bits per heavy atom. The zero-order chi connectivity index (χ0) is 19.8. The van der Waals surface area contributed by atoms with Crippen molar-refractivity contribution in [3.8, 4) is 5.75 Å². The summed E-state index contributed by atoms with van der Waals surface area (Å²) in [6.45, 7) is 2.00. The molecule has 1 N–H and O–H groups in total. The average Bonchev–Trinajstić information content (AvgIpc) is 2.63. The number of nitrogens with zero attached hydrogens (tertiary/aromatic N) is 1. The lowest BCUT2D eigenvalue weighted by atomic mass is 9.96. The molecule has 4 nitrogen and oxygen atoms in total. The first-order valence-corrected chi connectivity index (χ1v) is 8.93. The summed E-state index contributed by atoms with van der Waals surface area (Å²) in [5.74, 6) is 0.407. The van der Waals surface area contributed by atoms with E-state index in [9.17, 15) is 13.6 Å².